The summed E-state index contributed by atoms with van der Waals surface area (Å²) in [6.45, 7) is 3.96. The summed E-state index contributed by atoms with van der Waals surface area (Å²) < 4.78 is 4.79. The van der Waals surface area contributed by atoms with Gasteiger partial charge in [-0.05, 0) is 37.1 Å². The van der Waals surface area contributed by atoms with Crippen molar-refractivity contribution in [3.8, 4) is 5.75 Å². The summed E-state index contributed by atoms with van der Waals surface area (Å²) in [7, 11) is 0. The van der Waals surface area contributed by atoms with E-state index in [2.05, 4.69) is 0 Å². The molecule has 0 amide bonds. The summed E-state index contributed by atoms with van der Waals surface area (Å²) >= 11 is 0. The van der Waals surface area contributed by atoms with Gasteiger partial charge in [-0.3, -0.25) is 0 Å². The number of phenolic OH excluding ortho intramolecular Hbond substituents is 1. The van der Waals surface area contributed by atoms with Crippen molar-refractivity contribution in [2.24, 2.45) is 0 Å². The SMILES string of the molecule is CCOC(=O)/C=C(\C)c1ccc(O)cc1. The minimum Gasteiger partial charge on any atom is -0.508 e. The fourth-order valence-corrected chi connectivity index (χ4v) is 1.17. The minimum absolute atomic E-state index is 0.211. The van der Waals surface area contributed by atoms with Crippen LogP contribution in [0.2, 0.25) is 0 Å². The molecule has 15 heavy (non-hydrogen) atoms. The average molecular weight is 206 g/mol. The second-order valence-electron chi connectivity index (χ2n) is 3.13. The van der Waals surface area contributed by atoms with Gasteiger partial charge in [-0.25, -0.2) is 4.79 Å². The maximum Gasteiger partial charge on any atom is 0.331 e. The Labute approximate surface area is 89.0 Å². The number of hydrogen-bond acceptors (Lipinski definition) is 3. The lowest BCUT2D eigenvalue weighted by atomic mass is 10.1. The number of benzene rings is 1. The third-order valence-corrected chi connectivity index (χ3v) is 1.94. The van der Waals surface area contributed by atoms with Gasteiger partial charge >= 0.3 is 5.97 Å². The lowest BCUT2D eigenvalue weighted by Gasteiger charge is -2.02. The lowest BCUT2D eigenvalue weighted by Crippen LogP contribution is -2.00. The highest BCUT2D eigenvalue weighted by molar-refractivity contribution is 5.90. The predicted octanol–water partition coefficient (Wildman–Crippen LogP) is 2.36. The number of esters is 1. The van der Waals surface area contributed by atoms with Crippen LogP contribution in [0.3, 0.4) is 0 Å². The monoisotopic (exact) mass is 206 g/mol. The molecule has 0 atom stereocenters. The number of rotatable bonds is 3. The van der Waals surface area contributed by atoms with E-state index in [0.29, 0.717) is 6.61 Å². The summed E-state index contributed by atoms with van der Waals surface area (Å²) in [5.41, 5.74) is 1.70. The van der Waals surface area contributed by atoms with Crippen molar-refractivity contribution in [3.63, 3.8) is 0 Å². The van der Waals surface area contributed by atoms with Crippen LogP contribution in [-0.2, 0) is 9.53 Å². The molecule has 0 aromatic heterocycles. The molecule has 0 bridgehead atoms. The van der Waals surface area contributed by atoms with Crippen LogP contribution < -0.4 is 0 Å². The van der Waals surface area contributed by atoms with Crippen molar-refractivity contribution < 1.29 is 14.6 Å². The molecule has 0 aliphatic carbocycles. The normalized spacial score (nSPS) is 11.2. The standard InChI is InChI=1S/C12H14O3/c1-3-15-12(14)8-9(2)10-4-6-11(13)7-5-10/h4-8,13H,3H2,1-2H3/b9-8+. The third kappa shape index (κ3) is 3.46. The zero-order valence-electron chi connectivity index (χ0n) is 8.86. The van der Waals surface area contributed by atoms with Crippen molar-refractivity contribution in [1.82, 2.24) is 0 Å². The first-order valence-corrected chi connectivity index (χ1v) is 4.78. The number of carbonyl (C=O) groups is 1. The second kappa shape index (κ2) is 5.20. The Hall–Kier alpha value is -1.77. The number of ether oxygens (including phenoxy) is 1. The molecule has 0 spiro atoms. The summed E-state index contributed by atoms with van der Waals surface area (Å²) in [6, 6.07) is 6.66. The zero-order valence-corrected chi connectivity index (χ0v) is 8.86. The fourth-order valence-electron chi connectivity index (χ4n) is 1.17. The van der Waals surface area contributed by atoms with E-state index in [1.807, 2.05) is 6.92 Å². The minimum atomic E-state index is -0.344. The first kappa shape index (κ1) is 11.3. The lowest BCUT2D eigenvalue weighted by molar-refractivity contribution is -0.137. The Morgan fingerprint density at radius 2 is 2.00 bits per heavy atom. The Bertz CT molecular complexity index is 363. The van der Waals surface area contributed by atoms with E-state index >= 15 is 0 Å². The quantitative estimate of drug-likeness (QED) is 0.610. The molecule has 0 aliphatic rings. The zero-order chi connectivity index (χ0) is 11.3. The van der Waals surface area contributed by atoms with Crippen molar-refractivity contribution in [1.29, 1.82) is 0 Å². The van der Waals surface area contributed by atoms with Crippen LogP contribution in [0, 0.1) is 0 Å². The second-order valence-corrected chi connectivity index (χ2v) is 3.13. The van der Waals surface area contributed by atoms with Crippen LogP contribution in [0.15, 0.2) is 30.3 Å². The van der Waals surface area contributed by atoms with Crippen molar-refractivity contribution in [2.45, 2.75) is 13.8 Å². The van der Waals surface area contributed by atoms with Crippen LogP contribution in [0.25, 0.3) is 5.57 Å². The van der Waals surface area contributed by atoms with Crippen LogP contribution >= 0.6 is 0 Å². The molecule has 0 fully saturated rings. The van der Waals surface area contributed by atoms with E-state index in [9.17, 15) is 4.79 Å². The summed E-state index contributed by atoms with van der Waals surface area (Å²) in [5, 5.41) is 9.09. The van der Waals surface area contributed by atoms with Gasteiger partial charge in [0, 0.05) is 6.08 Å². The molecule has 1 aromatic rings. The maximum atomic E-state index is 11.1. The maximum absolute atomic E-state index is 11.1. The number of aromatic hydroxyl groups is 1. The predicted molar refractivity (Wildman–Crippen MR) is 58.4 cm³/mol. The molecule has 0 unspecified atom stereocenters. The average Bonchev–Trinajstić information content (AvgIpc) is 2.18. The Balaban J connectivity index is 2.79. The van der Waals surface area contributed by atoms with Gasteiger partial charge in [0.15, 0.2) is 0 Å². The first-order chi connectivity index (χ1) is 7.13. The molecule has 80 valence electrons. The van der Waals surface area contributed by atoms with Gasteiger partial charge < -0.3 is 9.84 Å². The van der Waals surface area contributed by atoms with Crippen LogP contribution in [0.1, 0.15) is 19.4 Å². The molecule has 0 heterocycles. The number of hydrogen-bond donors (Lipinski definition) is 1. The highest BCUT2D eigenvalue weighted by atomic mass is 16.5. The molecule has 0 saturated carbocycles. The number of allylic oxidation sites excluding steroid dienone is 1. The van der Waals surface area contributed by atoms with Crippen molar-refractivity contribution in [2.75, 3.05) is 6.61 Å². The van der Waals surface area contributed by atoms with Gasteiger partial charge in [0.2, 0.25) is 0 Å². The molecule has 1 aromatic carbocycles. The summed E-state index contributed by atoms with van der Waals surface area (Å²) in [4.78, 5) is 11.1. The van der Waals surface area contributed by atoms with Gasteiger partial charge in [-0.2, -0.15) is 0 Å². The molecule has 3 nitrogen and oxygen atoms in total. The van der Waals surface area contributed by atoms with Crippen LogP contribution in [0.4, 0.5) is 0 Å². The molecule has 0 saturated heterocycles. The van der Waals surface area contributed by atoms with Gasteiger partial charge in [-0.1, -0.05) is 12.1 Å². The number of carbonyl (C=O) groups excluding carboxylic acids is 1. The van der Waals surface area contributed by atoms with Crippen LogP contribution in [0.5, 0.6) is 5.75 Å². The van der Waals surface area contributed by atoms with Gasteiger partial charge in [0.25, 0.3) is 0 Å². The summed E-state index contributed by atoms with van der Waals surface area (Å²) in [6.07, 6.45) is 1.44. The van der Waals surface area contributed by atoms with E-state index in [0.717, 1.165) is 11.1 Å². The molecular formula is C12H14O3. The Morgan fingerprint density at radius 3 is 2.53 bits per heavy atom. The van der Waals surface area contributed by atoms with Gasteiger partial charge in [0.1, 0.15) is 5.75 Å². The number of phenols is 1. The molecule has 0 aliphatic heterocycles. The van der Waals surface area contributed by atoms with Crippen molar-refractivity contribution in [3.05, 3.63) is 35.9 Å². The van der Waals surface area contributed by atoms with Gasteiger partial charge in [0.05, 0.1) is 6.61 Å². The third-order valence-electron chi connectivity index (χ3n) is 1.94. The van der Waals surface area contributed by atoms with E-state index in [4.69, 9.17) is 9.84 Å². The smallest absolute Gasteiger partial charge is 0.331 e. The van der Waals surface area contributed by atoms with Crippen molar-refractivity contribution >= 4 is 11.5 Å². The van der Waals surface area contributed by atoms with E-state index in [-0.39, 0.29) is 11.7 Å². The largest absolute Gasteiger partial charge is 0.508 e. The topological polar surface area (TPSA) is 46.5 Å². The first-order valence-electron chi connectivity index (χ1n) is 4.78. The Morgan fingerprint density at radius 1 is 1.40 bits per heavy atom. The van der Waals surface area contributed by atoms with E-state index < -0.39 is 0 Å². The molecular weight excluding hydrogens is 192 g/mol. The molecule has 1 rings (SSSR count). The Kier molecular flexibility index (Phi) is 3.92. The van der Waals surface area contributed by atoms with E-state index in [1.165, 1.54) is 6.08 Å². The molecule has 0 radical (unpaired) electrons. The molecule has 3 heteroatoms. The summed E-state index contributed by atoms with van der Waals surface area (Å²) in [5.74, 6) is -0.134. The molecule has 1 N–H and O–H groups in total. The van der Waals surface area contributed by atoms with E-state index in [1.54, 1.807) is 31.2 Å². The van der Waals surface area contributed by atoms with Gasteiger partial charge in [-0.15, -0.1) is 0 Å². The van der Waals surface area contributed by atoms with Crippen LogP contribution in [-0.4, -0.2) is 17.7 Å². The fraction of sp³-hybridized carbons (Fsp3) is 0.250. The highest BCUT2D eigenvalue weighted by Gasteiger charge is 2.00. The highest BCUT2D eigenvalue weighted by Crippen LogP contribution is 2.17.